The van der Waals surface area contributed by atoms with Crippen LogP contribution < -0.4 is 20.4 Å². The van der Waals surface area contributed by atoms with Crippen LogP contribution in [0.2, 0.25) is 0 Å². The normalized spacial score (nSPS) is 11.5. The van der Waals surface area contributed by atoms with Crippen molar-refractivity contribution in [2.75, 3.05) is 53.7 Å². The Kier molecular flexibility index (Phi) is 15.0. The van der Waals surface area contributed by atoms with Crippen molar-refractivity contribution in [3.8, 4) is 11.5 Å². The van der Waals surface area contributed by atoms with Crippen LogP contribution in [-0.4, -0.2) is 80.8 Å². The lowest BCUT2D eigenvalue weighted by atomic mass is 10.2. The molecule has 0 fully saturated rings. The number of methoxy groups -OCH3 is 2. The smallest absolute Gasteiger partial charge is 0.339 e. The van der Waals surface area contributed by atoms with Crippen LogP contribution in [0.25, 0.3) is 0 Å². The van der Waals surface area contributed by atoms with Gasteiger partial charge in [0.25, 0.3) is 0 Å². The number of hydrogen-bond donors (Lipinski definition) is 2. The summed E-state index contributed by atoms with van der Waals surface area (Å²) >= 11 is 0. The van der Waals surface area contributed by atoms with Crippen molar-refractivity contribution in [3.63, 3.8) is 0 Å². The molecule has 0 aliphatic heterocycles. The van der Waals surface area contributed by atoms with E-state index in [1.54, 1.807) is 19.1 Å². The van der Waals surface area contributed by atoms with E-state index < -0.39 is 20.1 Å². The van der Waals surface area contributed by atoms with E-state index in [9.17, 15) is 16.8 Å². The molecule has 226 valence electrons. The van der Waals surface area contributed by atoms with E-state index >= 15 is 0 Å². The molecule has 0 aromatic heterocycles. The van der Waals surface area contributed by atoms with E-state index in [1.165, 1.54) is 48.9 Å². The summed E-state index contributed by atoms with van der Waals surface area (Å²) in [4.78, 5) is 4.51. The fraction of sp³-hybridized carbons (Fsp3) is 0.458. The quantitative estimate of drug-likeness (QED) is 0.0809. The number of oxime groups is 1. The monoisotopic (exact) mass is 624 g/mol. The van der Waals surface area contributed by atoms with Gasteiger partial charge in [-0.05, 0) is 41.4 Å². The van der Waals surface area contributed by atoms with Crippen molar-refractivity contribution in [2.24, 2.45) is 16.6 Å². The Balaban J connectivity index is 0.00000800. The third kappa shape index (κ3) is 10.3. The first-order valence-electron chi connectivity index (χ1n) is 12.0. The van der Waals surface area contributed by atoms with Gasteiger partial charge in [0.1, 0.15) is 23.0 Å². The number of sulfonamides is 1. The molecule has 16 heteroatoms. The van der Waals surface area contributed by atoms with Gasteiger partial charge in [-0.3, -0.25) is 0 Å². The number of nitrogens with zero attached hydrogens (tertiary/aromatic N) is 2. The minimum absolute atomic E-state index is 0. The van der Waals surface area contributed by atoms with Gasteiger partial charge in [-0.25, -0.2) is 8.42 Å². The molecule has 2 aromatic carbocycles. The fourth-order valence-corrected chi connectivity index (χ4v) is 6.51. The maximum absolute atomic E-state index is 13.5. The fourth-order valence-electron chi connectivity index (χ4n) is 3.47. The summed E-state index contributed by atoms with van der Waals surface area (Å²) in [5.74, 6) is 0.177. The molecule has 0 heterocycles. The van der Waals surface area contributed by atoms with Crippen molar-refractivity contribution in [1.29, 1.82) is 0 Å². The maximum Gasteiger partial charge on any atom is 0.339 e. The second kappa shape index (κ2) is 17.1. The van der Waals surface area contributed by atoms with Gasteiger partial charge in [-0.15, -0.1) is 12.4 Å². The highest BCUT2D eigenvalue weighted by atomic mass is 35.5. The molecule has 2 rings (SSSR count). The molecule has 0 aliphatic rings. The van der Waals surface area contributed by atoms with Crippen LogP contribution in [0, 0.1) is 0 Å². The molecule has 40 heavy (non-hydrogen) atoms. The average molecular weight is 625 g/mol. The first kappa shape index (κ1) is 35.2. The van der Waals surface area contributed by atoms with Crippen molar-refractivity contribution in [3.05, 3.63) is 48.0 Å². The van der Waals surface area contributed by atoms with Crippen LogP contribution in [0.5, 0.6) is 11.5 Å². The Bertz CT molecular complexity index is 1300. The van der Waals surface area contributed by atoms with E-state index in [-0.39, 0.29) is 85.4 Å². The van der Waals surface area contributed by atoms with Gasteiger partial charge >= 0.3 is 10.1 Å². The third-order valence-electron chi connectivity index (χ3n) is 5.25. The van der Waals surface area contributed by atoms with Gasteiger partial charge in [0.15, 0.2) is 0 Å². The number of rotatable bonds is 18. The number of ether oxygens (including phenoxy) is 3. The third-order valence-corrected chi connectivity index (χ3v) is 8.57. The Labute approximate surface area is 241 Å². The first-order valence-corrected chi connectivity index (χ1v) is 14.9. The molecule has 0 aliphatic carbocycles. The summed E-state index contributed by atoms with van der Waals surface area (Å²) < 4.78 is 76.0. The van der Waals surface area contributed by atoms with Crippen LogP contribution in [0.1, 0.15) is 18.9 Å². The predicted molar refractivity (Wildman–Crippen MR) is 152 cm³/mol. The Morgan fingerprint density at radius 1 is 0.875 bits per heavy atom. The second-order valence-electron chi connectivity index (χ2n) is 8.04. The van der Waals surface area contributed by atoms with E-state index in [1.807, 2.05) is 0 Å². The number of hydrogen-bond acceptors (Lipinski definition) is 10. The summed E-state index contributed by atoms with van der Waals surface area (Å²) in [6.07, 6.45) is 0.591. The topological polar surface area (TPSA) is 182 Å². The van der Waals surface area contributed by atoms with Gasteiger partial charge < -0.3 is 34.7 Å². The van der Waals surface area contributed by atoms with Crippen molar-refractivity contribution in [1.82, 2.24) is 4.31 Å². The Morgan fingerprint density at radius 3 is 2.08 bits per heavy atom. The van der Waals surface area contributed by atoms with Gasteiger partial charge in [-0.1, -0.05) is 19.1 Å². The highest BCUT2D eigenvalue weighted by Gasteiger charge is 2.31. The SMILES string of the molecule is CCc1c(S(=O)(=O)Oc2cccc(OCCCON=C(N)N)c2)cccc1S(=O)(=O)N(CCOC)CCOC.Cl. The number of guanidine groups is 1. The number of benzene rings is 2. The van der Waals surface area contributed by atoms with Crippen LogP contribution in [0.3, 0.4) is 0 Å². The molecule has 13 nitrogen and oxygen atoms in total. The molecule has 0 unspecified atom stereocenters. The van der Waals surface area contributed by atoms with E-state index in [2.05, 4.69) is 5.16 Å². The van der Waals surface area contributed by atoms with Crippen LogP contribution in [0.15, 0.2) is 57.4 Å². The summed E-state index contributed by atoms with van der Waals surface area (Å²) in [6.45, 7) is 2.61. The predicted octanol–water partition coefficient (Wildman–Crippen LogP) is 1.70. The van der Waals surface area contributed by atoms with Crippen molar-refractivity contribution in [2.45, 2.75) is 29.6 Å². The molecular formula is C24H37ClN4O9S2. The minimum atomic E-state index is -4.40. The molecule has 4 N–H and O–H groups in total. The lowest BCUT2D eigenvalue weighted by Crippen LogP contribution is -2.37. The maximum atomic E-state index is 13.5. The largest absolute Gasteiger partial charge is 0.493 e. The first-order chi connectivity index (χ1) is 18.6. The van der Waals surface area contributed by atoms with E-state index in [0.717, 1.165) is 0 Å². The molecule has 2 aromatic rings. The molecule has 0 spiro atoms. The molecule has 0 saturated heterocycles. The van der Waals surface area contributed by atoms with Crippen molar-refractivity contribution >= 4 is 38.5 Å². The van der Waals surface area contributed by atoms with Crippen LogP contribution >= 0.6 is 12.4 Å². The number of halogens is 1. The van der Waals surface area contributed by atoms with Gasteiger partial charge in [0.05, 0.1) is 24.7 Å². The summed E-state index contributed by atoms with van der Waals surface area (Å²) in [5.41, 5.74) is 10.5. The zero-order valence-electron chi connectivity index (χ0n) is 22.6. The molecule has 0 atom stereocenters. The molecule has 0 saturated carbocycles. The second-order valence-corrected chi connectivity index (χ2v) is 11.5. The highest BCUT2D eigenvalue weighted by Crippen LogP contribution is 2.30. The van der Waals surface area contributed by atoms with Gasteiger partial charge in [0, 0.05) is 39.8 Å². The van der Waals surface area contributed by atoms with Gasteiger partial charge in [0.2, 0.25) is 16.0 Å². The van der Waals surface area contributed by atoms with E-state index in [4.69, 9.17) is 34.7 Å². The highest BCUT2D eigenvalue weighted by molar-refractivity contribution is 7.89. The van der Waals surface area contributed by atoms with E-state index in [0.29, 0.717) is 12.2 Å². The Morgan fingerprint density at radius 2 is 1.48 bits per heavy atom. The average Bonchev–Trinajstić information content (AvgIpc) is 2.89. The van der Waals surface area contributed by atoms with Crippen molar-refractivity contribution < 1.29 is 40.1 Å². The van der Waals surface area contributed by atoms with Gasteiger partial charge in [-0.2, -0.15) is 12.7 Å². The summed E-state index contributed by atoms with van der Waals surface area (Å²) in [6, 6.07) is 10.1. The van der Waals surface area contributed by atoms with Crippen LogP contribution in [0.4, 0.5) is 0 Å². The molecule has 0 bridgehead atoms. The van der Waals surface area contributed by atoms with Crippen LogP contribution in [-0.2, 0) is 40.9 Å². The zero-order valence-corrected chi connectivity index (χ0v) is 25.1. The molecular weight excluding hydrogens is 588 g/mol. The summed E-state index contributed by atoms with van der Waals surface area (Å²) in [5, 5.41) is 3.40. The standard InChI is InChI=1S/C24H36N4O9S2.ClH/c1-4-21-22(38(29,30)28(12-16-33-2)13-17-34-3)10-6-11-23(21)39(31,32)37-20-9-5-8-19(18-20)35-14-7-15-36-27-24(25)26;/h5-6,8-11,18H,4,7,12-17H2,1-3H3,(H4,25,26,27);1H. The Hall–Kier alpha value is -2.82. The lowest BCUT2D eigenvalue weighted by Gasteiger charge is -2.23. The zero-order chi connectivity index (χ0) is 28.9. The lowest BCUT2D eigenvalue weighted by molar-refractivity contribution is 0.127. The minimum Gasteiger partial charge on any atom is -0.493 e. The summed E-state index contributed by atoms with van der Waals surface area (Å²) in [7, 11) is -5.54. The molecule has 0 amide bonds. The molecule has 0 radical (unpaired) electrons. The number of nitrogens with two attached hydrogens (primary N) is 2.